The Kier molecular flexibility index (Phi) is 5.61. The van der Waals surface area contributed by atoms with Crippen LogP contribution in [0.15, 0.2) is 6.20 Å². The van der Waals surface area contributed by atoms with Crippen molar-refractivity contribution in [2.24, 2.45) is 11.7 Å². The summed E-state index contributed by atoms with van der Waals surface area (Å²) in [6.45, 7) is 3.42. The van der Waals surface area contributed by atoms with Gasteiger partial charge in [-0.2, -0.15) is 5.10 Å². The Morgan fingerprint density at radius 2 is 2.41 bits per heavy atom. The predicted octanol–water partition coefficient (Wildman–Crippen LogP) is 1.35. The van der Waals surface area contributed by atoms with Gasteiger partial charge >= 0.3 is 0 Å². The van der Waals surface area contributed by atoms with Crippen molar-refractivity contribution in [2.45, 2.75) is 19.9 Å². The first-order chi connectivity index (χ1) is 8.10. The van der Waals surface area contributed by atoms with Crippen molar-refractivity contribution in [3.63, 3.8) is 0 Å². The van der Waals surface area contributed by atoms with Crippen LogP contribution >= 0.6 is 11.6 Å². The number of nitrogens with two attached hydrogens (primary N) is 1. The molecule has 0 spiro atoms. The number of aromatic nitrogens is 2. The highest BCUT2D eigenvalue weighted by Crippen LogP contribution is 2.18. The van der Waals surface area contributed by atoms with Crippen LogP contribution in [-0.2, 0) is 11.3 Å². The van der Waals surface area contributed by atoms with E-state index in [-0.39, 0.29) is 11.7 Å². The molecule has 6 heteroatoms. The van der Waals surface area contributed by atoms with Crippen LogP contribution in [0.4, 0.5) is 0 Å². The summed E-state index contributed by atoms with van der Waals surface area (Å²) in [4.78, 5) is 12.0. The zero-order valence-electron chi connectivity index (χ0n) is 10.1. The third kappa shape index (κ3) is 3.80. The van der Waals surface area contributed by atoms with Crippen molar-refractivity contribution >= 4 is 17.4 Å². The second kappa shape index (κ2) is 6.74. The lowest BCUT2D eigenvalue weighted by Crippen LogP contribution is -2.19. The molecule has 5 nitrogen and oxygen atoms in total. The molecule has 0 saturated carbocycles. The first kappa shape index (κ1) is 14.2. The van der Waals surface area contributed by atoms with Gasteiger partial charge in [0.15, 0.2) is 5.78 Å². The smallest absolute Gasteiger partial charge is 0.182 e. The van der Waals surface area contributed by atoms with Gasteiger partial charge in [0.1, 0.15) is 5.69 Å². The van der Waals surface area contributed by atoms with E-state index in [4.69, 9.17) is 22.1 Å². The van der Waals surface area contributed by atoms with E-state index in [0.717, 1.165) is 0 Å². The minimum atomic E-state index is -0.0263. The molecule has 0 saturated heterocycles. The monoisotopic (exact) mass is 259 g/mol. The molecular formula is C11H18ClN3O2. The molecule has 1 heterocycles. The van der Waals surface area contributed by atoms with Crippen molar-refractivity contribution in [1.29, 1.82) is 0 Å². The molecule has 0 bridgehead atoms. The van der Waals surface area contributed by atoms with Crippen molar-refractivity contribution in [3.05, 3.63) is 16.9 Å². The number of carbonyl (C=O) groups is 1. The summed E-state index contributed by atoms with van der Waals surface area (Å²) < 4.78 is 6.54. The number of halogens is 1. The summed E-state index contributed by atoms with van der Waals surface area (Å²) in [5, 5.41) is 4.44. The third-order valence-corrected chi connectivity index (χ3v) is 2.78. The quantitative estimate of drug-likeness (QED) is 0.751. The lowest BCUT2D eigenvalue weighted by Gasteiger charge is -2.09. The van der Waals surface area contributed by atoms with E-state index in [1.807, 2.05) is 6.92 Å². The lowest BCUT2D eigenvalue weighted by atomic mass is 10.0. The first-order valence-electron chi connectivity index (χ1n) is 5.53. The zero-order chi connectivity index (χ0) is 12.8. The summed E-state index contributed by atoms with van der Waals surface area (Å²) in [6.07, 6.45) is 1.87. The zero-order valence-corrected chi connectivity index (χ0v) is 10.9. The van der Waals surface area contributed by atoms with Crippen LogP contribution in [0.1, 0.15) is 23.8 Å². The van der Waals surface area contributed by atoms with Crippen LogP contribution in [0.2, 0.25) is 5.02 Å². The Balaban J connectivity index is 2.80. The number of ether oxygens (including phenoxy) is 1. The minimum absolute atomic E-state index is 0.0263. The Morgan fingerprint density at radius 1 is 1.71 bits per heavy atom. The maximum atomic E-state index is 12.0. The molecular weight excluding hydrogens is 242 g/mol. The second-order valence-electron chi connectivity index (χ2n) is 4.03. The normalized spacial score (nSPS) is 12.7. The largest absolute Gasteiger partial charge is 0.383 e. The Bertz CT molecular complexity index is 379. The molecule has 1 atom stereocenters. The number of hydrogen-bond donors (Lipinski definition) is 1. The van der Waals surface area contributed by atoms with Gasteiger partial charge in [0.2, 0.25) is 0 Å². The van der Waals surface area contributed by atoms with Crippen molar-refractivity contribution in [2.75, 3.05) is 20.3 Å². The molecule has 0 aromatic carbocycles. The molecule has 0 aliphatic heterocycles. The van der Waals surface area contributed by atoms with Crippen LogP contribution in [0.5, 0.6) is 0 Å². The fourth-order valence-corrected chi connectivity index (χ4v) is 1.73. The van der Waals surface area contributed by atoms with E-state index in [9.17, 15) is 4.79 Å². The van der Waals surface area contributed by atoms with E-state index in [0.29, 0.717) is 36.8 Å². The number of hydrogen-bond acceptors (Lipinski definition) is 4. The van der Waals surface area contributed by atoms with Gasteiger partial charge in [0, 0.05) is 13.5 Å². The minimum Gasteiger partial charge on any atom is -0.383 e. The van der Waals surface area contributed by atoms with Gasteiger partial charge in [-0.1, -0.05) is 18.5 Å². The number of Topliss-reactive ketones (excluding diaryl/α,β-unsaturated/α-hetero) is 1. The number of carbonyl (C=O) groups excluding carboxylic acids is 1. The van der Waals surface area contributed by atoms with Crippen molar-refractivity contribution < 1.29 is 9.53 Å². The molecule has 17 heavy (non-hydrogen) atoms. The van der Waals surface area contributed by atoms with Crippen LogP contribution in [0.3, 0.4) is 0 Å². The Morgan fingerprint density at radius 3 is 3.00 bits per heavy atom. The van der Waals surface area contributed by atoms with Gasteiger partial charge in [-0.3, -0.25) is 9.48 Å². The Hall–Kier alpha value is -0.910. The van der Waals surface area contributed by atoms with Gasteiger partial charge in [-0.25, -0.2) is 0 Å². The molecule has 1 aromatic heterocycles. The van der Waals surface area contributed by atoms with Gasteiger partial charge < -0.3 is 10.5 Å². The van der Waals surface area contributed by atoms with Crippen LogP contribution in [-0.4, -0.2) is 35.8 Å². The molecule has 1 aromatic rings. The molecule has 0 aliphatic carbocycles. The van der Waals surface area contributed by atoms with Crippen LogP contribution < -0.4 is 5.73 Å². The van der Waals surface area contributed by atoms with Crippen molar-refractivity contribution in [1.82, 2.24) is 9.78 Å². The number of rotatable bonds is 7. The van der Waals surface area contributed by atoms with Gasteiger partial charge in [-0.05, 0) is 12.5 Å². The van der Waals surface area contributed by atoms with E-state index >= 15 is 0 Å². The SMILES string of the molecule is COCCn1ncc(Cl)c1C(=O)CC(C)CN. The summed E-state index contributed by atoms with van der Waals surface area (Å²) in [6, 6.07) is 0. The molecule has 0 amide bonds. The average molecular weight is 260 g/mol. The van der Waals surface area contributed by atoms with Crippen LogP contribution in [0.25, 0.3) is 0 Å². The maximum Gasteiger partial charge on any atom is 0.182 e. The summed E-state index contributed by atoms with van der Waals surface area (Å²) in [5.41, 5.74) is 5.95. The van der Waals surface area contributed by atoms with Gasteiger partial charge in [0.05, 0.1) is 24.4 Å². The summed E-state index contributed by atoms with van der Waals surface area (Å²) in [5.74, 6) is 0.117. The molecule has 96 valence electrons. The van der Waals surface area contributed by atoms with Gasteiger partial charge in [0.25, 0.3) is 0 Å². The van der Waals surface area contributed by atoms with Crippen LogP contribution in [0, 0.1) is 5.92 Å². The average Bonchev–Trinajstić information content (AvgIpc) is 2.67. The maximum absolute atomic E-state index is 12.0. The molecule has 1 unspecified atom stereocenters. The molecule has 0 fully saturated rings. The summed E-state index contributed by atoms with van der Waals surface area (Å²) >= 11 is 5.97. The fraction of sp³-hybridized carbons (Fsp3) is 0.636. The summed E-state index contributed by atoms with van der Waals surface area (Å²) in [7, 11) is 1.60. The fourth-order valence-electron chi connectivity index (χ4n) is 1.48. The highest BCUT2D eigenvalue weighted by Gasteiger charge is 2.19. The van der Waals surface area contributed by atoms with E-state index < -0.39 is 0 Å². The van der Waals surface area contributed by atoms with Gasteiger partial charge in [-0.15, -0.1) is 0 Å². The lowest BCUT2D eigenvalue weighted by molar-refractivity contribution is 0.0952. The van der Waals surface area contributed by atoms with Crippen molar-refractivity contribution in [3.8, 4) is 0 Å². The van der Waals surface area contributed by atoms with E-state index in [2.05, 4.69) is 5.10 Å². The first-order valence-corrected chi connectivity index (χ1v) is 5.91. The van der Waals surface area contributed by atoms with E-state index in [1.54, 1.807) is 11.8 Å². The highest BCUT2D eigenvalue weighted by atomic mass is 35.5. The molecule has 0 aliphatic rings. The number of ketones is 1. The number of nitrogens with zero attached hydrogens (tertiary/aromatic N) is 2. The molecule has 2 N–H and O–H groups in total. The molecule has 1 rings (SSSR count). The Labute approximate surface area is 106 Å². The second-order valence-corrected chi connectivity index (χ2v) is 4.43. The predicted molar refractivity (Wildman–Crippen MR) is 66.3 cm³/mol. The standard InChI is InChI=1S/C11H18ClN3O2/c1-8(6-13)5-10(16)11-9(12)7-14-15(11)3-4-17-2/h7-8H,3-6,13H2,1-2H3. The topological polar surface area (TPSA) is 70.1 Å². The third-order valence-electron chi connectivity index (χ3n) is 2.50. The number of methoxy groups -OCH3 is 1. The van der Waals surface area contributed by atoms with E-state index in [1.165, 1.54) is 6.20 Å². The molecule has 0 radical (unpaired) electrons. The highest BCUT2D eigenvalue weighted by molar-refractivity contribution is 6.33.